The Bertz CT molecular complexity index is 451. The number of carboxylic acids is 1. The van der Waals surface area contributed by atoms with Gasteiger partial charge in [0.25, 0.3) is 0 Å². The molecule has 1 aromatic carbocycles. The van der Waals surface area contributed by atoms with Crippen LogP contribution >= 0.6 is 11.3 Å². The van der Waals surface area contributed by atoms with Crippen LogP contribution in [0.1, 0.15) is 0 Å². The van der Waals surface area contributed by atoms with Crippen molar-refractivity contribution in [2.45, 2.75) is 6.18 Å². The van der Waals surface area contributed by atoms with Gasteiger partial charge in [-0.05, 0) is 6.07 Å². The summed E-state index contributed by atoms with van der Waals surface area (Å²) >= 11 is 1.73. The number of alkyl halides is 3. The van der Waals surface area contributed by atoms with Crippen molar-refractivity contribution >= 4 is 27.5 Å². The molecule has 0 unspecified atom stereocenters. The van der Waals surface area contributed by atoms with Crippen LogP contribution in [0.25, 0.3) is 10.2 Å². The number of carbonyl (C=O) groups excluding carboxylic acids is 1. The molecule has 1 heterocycles. The van der Waals surface area contributed by atoms with Gasteiger partial charge in [0.1, 0.15) is 10.7 Å². The zero-order valence-corrected chi connectivity index (χ0v) is 8.56. The summed E-state index contributed by atoms with van der Waals surface area (Å²) in [7, 11) is 0. The van der Waals surface area contributed by atoms with Gasteiger partial charge >= 0.3 is 6.18 Å². The zero-order valence-electron chi connectivity index (χ0n) is 7.75. The summed E-state index contributed by atoms with van der Waals surface area (Å²) in [6.07, 6.45) is -5.19. The van der Waals surface area contributed by atoms with Crippen molar-refractivity contribution in [3.05, 3.63) is 29.8 Å². The predicted molar refractivity (Wildman–Crippen MR) is 49.4 cm³/mol. The highest BCUT2D eigenvalue weighted by atomic mass is 32.1. The third kappa shape index (κ3) is 3.50. The molecule has 0 fully saturated rings. The van der Waals surface area contributed by atoms with Gasteiger partial charge in [0.15, 0.2) is 0 Å². The summed E-state index contributed by atoms with van der Waals surface area (Å²) in [6.45, 7) is 0. The van der Waals surface area contributed by atoms with Crippen LogP contribution < -0.4 is 10.1 Å². The second-order valence-corrected chi connectivity index (χ2v) is 3.57. The smallest absolute Gasteiger partial charge is 0.430 e. The fourth-order valence-corrected chi connectivity index (χ4v) is 1.57. The number of aliphatic carboxylic acids is 1. The summed E-state index contributed by atoms with van der Waals surface area (Å²) in [5, 5.41) is 8.78. The summed E-state index contributed by atoms with van der Waals surface area (Å²) in [5.41, 5.74) is 3.22. The Labute approximate surface area is 92.2 Å². The topological polar surface area (TPSA) is 54.3 Å². The fourth-order valence-electron chi connectivity index (χ4n) is 0.845. The normalized spacial score (nSPS) is 10.7. The number of aromatic nitrogens is 1. The van der Waals surface area contributed by atoms with Crippen molar-refractivity contribution in [3.63, 3.8) is 0 Å². The number of halogens is 3. The first-order valence-corrected chi connectivity index (χ1v) is 4.91. The standard InChI is InChI=1S/C7H5NS.C2HF3O2/c1-2-4-7-6(3-1)8-5-9-7;3-2(4,5)1(6)7/h1-5H;(H,6,7). The molecule has 16 heavy (non-hydrogen) atoms. The van der Waals surface area contributed by atoms with Gasteiger partial charge in [-0.1, -0.05) is 23.5 Å². The van der Waals surface area contributed by atoms with Crippen molar-refractivity contribution in [3.8, 4) is 0 Å². The molecule has 0 spiro atoms. The molecule has 0 atom stereocenters. The van der Waals surface area contributed by atoms with Gasteiger partial charge in [-0.15, -0.1) is 0 Å². The van der Waals surface area contributed by atoms with Crippen molar-refractivity contribution in [1.82, 2.24) is 0 Å². The Morgan fingerprint density at radius 3 is 2.38 bits per heavy atom. The molecule has 0 saturated carbocycles. The zero-order chi connectivity index (χ0) is 12.2. The van der Waals surface area contributed by atoms with Crippen molar-refractivity contribution < 1.29 is 28.1 Å². The summed E-state index contributed by atoms with van der Waals surface area (Å²) in [4.78, 5) is 11.9. The van der Waals surface area contributed by atoms with E-state index in [0.29, 0.717) is 0 Å². The number of para-hydroxylation sites is 1. The lowest BCUT2D eigenvalue weighted by Gasteiger charge is -2.03. The Balaban J connectivity index is 0.000000168. The van der Waals surface area contributed by atoms with Gasteiger partial charge in [-0.3, -0.25) is 0 Å². The molecule has 0 aliphatic rings. The van der Waals surface area contributed by atoms with E-state index < -0.39 is 12.1 Å². The number of nitrogens with one attached hydrogen (secondary N) is 1. The van der Waals surface area contributed by atoms with Crippen LogP contribution in [0.5, 0.6) is 0 Å². The third-order valence-electron chi connectivity index (χ3n) is 1.52. The van der Waals surface area contributed by atoms with Crippen LogP contribution in [-0.2, 0) is 4.79 Å². The molecule has 0 amide bonds. The van der Waals surface area contributed by atoms with Crippen LogP contribution in [0.3, 0.4) is 0 Å². The van der Waals surface area contributed by atoms with Crippen LogP contribution in [-0.4, -0.2) is 12.1 Å². The van der Waals surface area contributed by atoms with E-state index in [4.69, 9.17) is 9.90 Å². The monoisotopic (exact) mass is 249 g/mol. The molecule has 3 nitrogen and oxygen atoms in total. The Kier molecular flexibility index (Phi) is 3.83. The van der Waals surface area contributed by atoms with Crippen molar-refractivity contribution in [2.24, 2.45) is 0 Å². The number of hydrogen-bond acceptors (Lipinski definition) is 3. The molecule has 0 saturated heterocycles. The van der Waals surface area contributed by atoms with Crippen LogP contribution in [0.2, 0.25) is 0 Å². The molecule has 7 heteroatoms. The average molecular weight is 249 g/mol. The maximum absolute atomic E-state index is 10.5. The van der Waals surface area contributed by atoms with Gasteiger partial charge in [-0.25, -0.2) is 4.98 Å². The number of carbonyl (C=O) groups is 1. The van der Waals surface area contributed by atoms with E-state index in [1.807, 2.05) is 17.6 Å². The number of thiazole rings is 1. The number of benzene rings is 1. The summed E-state index contributed by atoms with van der Waals surface area (Å²) in [5.74, 6) is -3.01. The van der Waals surface area contributed by atoms with E-state index >= 15 is 0 Å². The lowest BCUT2D eigenvalue weighted by Crippen LogP contribution is -2.37. The molecule has 2 rings (SSSR count). The quantitative estimate of drug-likeness (QED) is 0.699. The lowest BCUT2D eigenvalue weighted by atomic mass is 10.3. The molecule has 2 aromatic rings. The lowest BCUT2D eigenvalue weighted by molar-refractivity contribution is -0.344. The Morgan fingerprint density at radius 1 is 1.31 bits per heavy atom. The van der Waals surface area contributed by atoms with Crippen LogP contribution in [0, 0.1) is 0 Å². The molecule has 0 aliphatic carbocycles. The van der Waals surface area contributed by atoms with Gasteiger partial charge < -0.3 is 9.90 Å². The maximum atomic E-state index is 10.5. The van der Waals surface area contributed by atoms with Crippen LogP contribution in [0.15, 0.2) is 29.8 Å². The Morgan fingerprint density at radius 2 is 1.88 bits per heavy atom. The summed E-state index contributed by atoms with van der Waals surface area (Å²) in [6, 6.07) is 8.26. The number of hydrogen-bond donors (Lipinski definition) is 0. The van der Waals surface area contributed by atoms with E-state index in [-0.39, 0.29) is 0 Å². The van der Waals surface area contributed by atoms with E-state index in [2.05, 4.69) is 17.1 Å². The first-order valence-electron chi connectivity index (χ1n) is 4.03. The van der Waals surface area contributed by atoms with Crippen molar-refractivity contribution in [1.29, 1.82) is 0 Å². The van der Waals surface area contributed by atoms with Gasteiger partial charge in [0, 0.05) is 6.07 Å². The number of aromatic amines is 1. The molecule has 0 bridgehead atoms. The largest absolute Gasteiger partial charge is 0.542 e. The SMILES string of the molecule is O=C([O-])C(F)(F)F.c1ccc2sc[nH+]c2c1. The van der Waals surface area contributed by atoms with E-state index in [1.165, 1.54) is 10.2 Å². The number of fused-ring (bicyclic) bond motifs is 1. The number of carboxylic acid groups (broad SMARTS) is 1. The van der Waals surface area contributed by atoms with E-state index in [1.54, 1.807) is 11.3 Å². The first-order chi connectivity index (χ1) is 7.41. The molecule has 1 aromatic heterocycles. The average Bonchev–Trinajstić information content (AvgIpc) is 2.64. The highest BCUT2D eigenvalue weighted by Crippen LogP contribution is 2.12. The second kappa shape index (κ2) is 4.93. The minimum atomic E-state index is -5.19. The first kappa shape index (κ1) is 12.4. The molecular weight excluding hydrogens is 243 g/mol. The molecule has 0 aliphatic heterocycles. The number of rotatable bonds is 0. The third-order valence-corrected chi connectivity index (χ3v) is 2.36. The maximum Gasteiger partial charge on any atom is 0.430 e. The van der Waals surface area contributed by atoms with Gasteiger partial charge in [0.2, 0.25) is 11.0 Å². The predicted octanol–water partition coefficient (Wildman–Crippen LogP) is 1.01. The van der Waals surface area contributed by atoms with Gasteiger partial charge in [0.05, 0.1) is 0 Å². The fraction of sp³-hybridized carbons (Fsp3) is 0.111. The Hall–Kier alpha value is -1.63. The summed E-state index contributed by atoms with van der Waals surface area (Å²) < 4.78 is 32.9. The minimum Gasteiger partial charge on any atom is -0.542 e. The number of H-pyrrole nitrogens is 1. The van der Waals surface area contributed by atoms with Crippen LogP contribution in [0.4, 0.5) is 13.2 Å². The highest BCUT2D eigenvalue weighted by molar-refractivity contribution is 7.16. The molecule has 1 N–H and O–H groups in total. The highest BCUT2D eigenvalue weighted by Gasteiger charge is 2.28. The van der Waals surface area contributed by atoms with Crippen molar-refractivity contribution in [2.75, 3.05) is 0 Å². The van der Waals surface area contributed by atoms with E-state index in [9.17, 15) is 13.2 Å². The molecule has 0 radical (unpaired) electrons. The molecule has 86 valence electrons. The second-order valence-electron chi connectivity index (χ2n) is 2.66. The van der Waals surface area contributed by atoms with Gasteiger partial charge in [-0.2, -0.15) is 13.2 Å². The molecular formula is C9H6F3NO2S. The minimum absolute atomic E-state index is 1.22. The van der Waals surface area contributed by atoms with E-state index in [0.717, 1.165) is 0 Å².